The summed E-state index contributed by atoms with van der Waals surface area (Å²) in [6.07, 6.45) is 0.638. The lowest BCUT2D eigenvalue weighted by molar-refractivity contribution is 0.135. The van der Waals surface area contributed by atoms with Crippen LogP contribution >= 0.6 is 0 Å². The number of aliphatic hydroxyl groups is 1. The standard InChI is InChI=1S/C6H12FNO/c7-5-2-1-3-8-6(5)4-9/h5-6,8-9H,1-4H2. The third kappa shape index (κ3) is 1.63. The fourth-order valence-electron chi connectivity index (χ4n) is 1.09. The second-order valence-electron chi connectivity index (χ2n) is 2.40. The fraction of sp³-hybridized carbons (Fsp3) is 1.00. The highest BCUT2D eigenvalue weighted by Gasteiger charge is 2.22. The molecule has 1 saturated heterocycles. The number of halogens is 1. The van der Waals surface area contributed by atoms with Crippen LogP contribution in [0.25, 0.3) is 0 Å². The summed E-state index contributed by atoms with van der Waals surface area (Å²) in [4.78, 5) is 0. The Balaban J connectivity index is 2.30. The summed E-state index contributed by atoms with van der Waals surface area (Å²) < 4.78 is 12.6. The molecule has 2 atom stereocenters. The van der Waals surface area contributed by atoms with E-state index in [1.165, 1.54) is 0 Å². The first-order valence-electron chi connectivity index (χ1n) is 3.33. The number of aliphatic hydroxyl groups excluding tert-OH is 1. The van der Waals surface area contributed by atoms with E-state index < -0.39 is 6.17 Å². The molecule has 1 fully saturated rings. The molecule has 0 amide bonds. The van der Waals surface area contributed by atoms with Gasteiger partial charge in [-0.1, -0.05) is 0 Å². The van der Waals surface area contributed by atoms with Crippen molar-refractivity contribution in [2.24, 2.45) is 0 Å². The van der Waals surface area contributed by atoms with E-state index in [2.05, 4.69) is 5.32 Å². The van der Waals surface area contributed by atoms with Gasteiger partial charge in [0.2, 0.25) is 0 Å². The van der Waals surface area contributed by atoms with Crippen molar-refractivity contribution in [2.45, 2.75) is 25.1 Å². The summed E-state index contributed by atoms with van der Waals surface area (Å²) >= 11 is 0. The van der Waals surface area contributed by atoms with E-state index in [0.29, 0.717) is 6.42 Å². The van der Waals surface area contributed by atoms with E-state index in [9.17, 15) is 4.39 Å². The minimum atomic E-state index is -0.844. The van der Waals surface area contributed by atoms with E-state index in [0.717, 1.165) is 13.0 Å². The highest BCUT2D eigenvalue weighted by molar-refractivity contribution is 4.79. The highest BCUT2D eigenvalue weighted by atomic mass is 19.1. The minimum Gasteiger partial charge on any atom is -0.395 e. The second kappa shape index (κ2) is 3.13. The zero-order valence-corrected chi connectivity index (χ0v) is 5.31. The smallest absolute Gasteiger partial charge is 0.118 e. The second-order valence-corrected chi connectivity index (χ2v) is 2.40. The predicted octanol–water partition coefficient (Wildman–Crippen LogP) is 0.0688. The van der Waals surface area contributed by atoms with Gasteiger partial charge in [0.1, 0.15) is 6.17 Å². The number of hydrogen-bond acceptors (Lipinski definition) is 2. The summed E-state index contributed by atoms with van der Waals surface area (Å²) in [5.74, 6) is 0. The van der Waals surface area contributed by atoms with Gasteiger partial charge in [-0.05, 0) is 19.4 Å². The first kappa shape index (κ1) is 6.96. The van der Waals surface area contributed by atoms with Crippen LogP contribution in [0.15, 0.2) is 0 Å². The van der Waals surface area contributed by atoms with Crippen LogP contribution in [0.1, 0.15) is 12.8 Å². The van der Waals surface area contributed by atoms with Crippen molar-refractivity contribution in [3.05, 3.63) is 0 Å². The summed E-state index contributed by atoms with van der Waals surface area (Å²) in [6, 6.07) is -0.307. The Bertz CT molecular complexity index is 89.1. The summed E-state index contributed by atoms with van der Waals surface area (Å²) in [5, 5.41) is 11.5. The first-order chi connectivity index (χ1) is 4.34. The zero-order chi connectivity index (χ0) is 6.69. The third-order valence-electron chi connectivity index (χ3n) is 1.70. The van der Waals surface area contributed by atoms with Crippen LogP contribution < -0.4 is 5.32 Å². The van der Waals surface area contributed by atoms with Crippen molar-refractivity contribution in [1.29, 1.82) is 0 Å². The molecule has 0 aromatic heterocycles. The zero-order valence-electron chi connectivity index (χ0n) is 5.31. The molecule has 0 aromatic rings. The maximum atomic E-state index is 12.6. The lowest BCUT2D eigenvalue weighted by Gasteiger charge is -2.25. The van der Waals surface area contributed by atoms with Crippen molar-refractivity contribution in [3.8, 4) is 0 Å². The lowest BCUT2D eigenvalue weighted by atomic mass is 10.0. The van der Waals surface area contributed by atoms with Crippen molar-refractivity contribution in [2.75, 3.05) is 13.2 Å². The molecule has 2 unspecified atom stereocenters. The molecule has 0 radical (unpaired) electrons. The van der Waals surface area contributed by atoms with Crippen molar-refractivity contribution in [3.63, 3.8) is 0 Å². The minimum absolute atomic E-state index is 0.0822. The van der Waals surface area contributed by atoms with Crippen LogP contribution in [0.3, 0.4) is 0 Å². The van der Waals surface area contributed by atoms with Gasteiger partial charge in [-0.25, -0.2) is 4.39 Å². The normalized spacial score (nSPS) is 36.7. The molecule has 9 heavy (non-hydrogen) atoms. The maximum Gasteiger partial charge on any atom is 0.118 e. The van der Waals surface area contributed by atoms with Gasteiger partial charge in [-0.2, -0.15) is 0 Å². The van der Waals surface area contributed by atoms with Crippen molar-refractivity contribution in [1.82, 2.24) is 5.32 Å². The van der Waals surface area contributed by atoms with Crippen LogP contribution in [-0.4, -0.2) is 30.5 Å². The van der Waals surface area contributed by atoms with Crippen LogP contribution in [-0.2, 0) is 0 Å². The third-order valence-corrected chi connectivity index (χ3v) is 1.70. The van der Waals surface area contributed by atoms with Gasteiger partial charge in [0.25, 0.3) is 0 Å². The molecule has 1 rings (SSSR count). The number of alkyl halides is 1. The maximum absolute atomic E-state index is 12.6. The number of hydrogen-bond donors (Lipinski definition) is 2. The van der Waals surface area contributed by atoms with Gasteiger partial charge < -0.3 is 10.4 Å². The first-order valence-corrected chi connectivity index (χ1v) is 3.33. The van der Waals surface area contributed by atoms with Crippen molar-refractivity contribution >= 4 is 0 Å². The Labute approximate surface area is 54.1 Å². The van der Waals surface area contributed by atoms with Gasteiger partial charge in [-0.3, -0.25) is 0 Å². The molecule has 1 aliphatic rings. The topological polar surface area (TPSA) is 32.3 Å². The molecule has 54 valence electrons. The van der Waals surface area contributed by atoms with Gasteiger partial charge in [-0.15, -0.1) is 0 Å². The van der Waals surface area contributed by atoms with Gasteiger partial charge in [0.15, 0.2) is 0 Å². The molecule has 1 aliphatic heterocycles. The Hall–Kier alpha value is -0.150. The van der Waals surface area contributed by atoms with Crippen LogP contribution in [0, 0.1) is 0 Å². The molecular weight excluding hydrogens is 121 g/mol. The average Bonchev–Trinajstić information content (AvgIpc) is 1.89. The van der Waals surface area contributed by atoms with Crippen LogP contribution in [0.5, 0.6) is 0 Å². The number of rotatable bonds is 1. The SMILES string of the molecule is OCC1NCCCC1F. The molecule has 1 heterocycles. The van der Waals surface area contributed by atoms with Crippen LogP contribution in [0.2, 0.25) is 0 Å². The molecule has 0 bridgehead atoms. The van der Waals surface area contributed by atoms with Gasteiger partial charge in [0, 0.05) is 0 Å². The van der Waals surface area contributed by atoms with Crippen molar-refractivity contribution < 1.29 is 9.50 Å². The molecular formula is C6H12FNO. The average molecular weight is 133 g/mol. The molecule has 0 aliphatic carbocycles. The largest absolute Gasteiger partial charge is 0.395 e. The number of piperidine rings is 1. The Morgan fingerprint density at radius 1 is 1.67 bits per heavy atom. The van der Waals surface area contributed by atoms with Gasteiger partial charge >= 0.3 is 0 Å². The molecule has 0 saturated carbocycles. The highest BCUT2D eigenvalue weighted by Crippen LogP contribution is 2.10. The number of nitrogens with one attached hydrogen (secondary N) is 1. The molecule has 3 heteroatoms. The monoisotopic (exact) mass is 133 g/mol. The van der Waals surface area contributed by atoms with Gasteiger partial charge in [0.05, 0.1) is 12.6 Å². The quantitative estimate of drug-likeness (QED) is 0.530. The summed E-state index contributed by atoms with van der Waals surface area (Å²) in [5.41, 5.74) is 0. The Morgan fingerprint density at radius 3 is 2.89 bits per heavy atom. The summed E-state index contributed by atoms with van der Waals surface area (Å²) in [7, 11) is 0. The van der Waals surface area contributed by atoms with Crippen LogP contribution in [0.4, 0.5) is 4.39 Å². The van der Waals surface area contributed by atoms with E-state index in [1.54, 1.807) is 0 Å². The molecule has 2 nitrogen and oxygen atoms in total. The predicted molar refractivity (Wildman–Crippen MR) is 33.0 cm³/mol. The fourth-order valence-corrected chi connectivity index (χ4v) is 1.09. The lowest BCUT2D eigenvalue weighted by Crippen LogP contribution is -2.45. The molecule has 0 aromatic carbocycles. The van der Waals surface area contributed by atoms with E-state index in [4.69, 9.17) is 5.11 Å². The molecule has 2 N–H and O–H groups in total. The Kier molecular flexibility index (Phi) is 2.42. The van der Waals surface area contributed by atoms with E-state index in [1.807, 2.05) is 0 Å². The van der Waals surface area contributed by atoms with E-state index >= 15 is 0 Å². The summed E-state index contributed by atoms with van der Waals surface area (Å²) in [6.45, 7) is 0.757. The Morgan fingerprint density at radius 2 is 2.44 bits per heavy atom. The van der Waals surface area contributed by atoms with E-state index in [-0.39, 0.29) is 12.6 Å². The molecule has 0 spiro atoms.